The maximum Gasteiger partial charge on any atom is 0.234 e. The molecule has 1 rings (SSSR count). The van der Waals surface area contributed by atoms with Gasteiger partial charge in [0.25, 0.3) is 0 Å². The number of carbonyl (C=O) groups excluding carboxylic acids is 2. The molecular formula is C11H14N2O2S. The molecule has 0 aliphatic carbocycles. The van der Waals surface area contributed by atoms with Crippen LogP contribution in [0.4, 0.5) is 11.4 Å². The van der Waals surface area contributed by atoms with E-state index < -0.39 is 0 Å². The van der Waals surface area contributed by atoms with Gasteiger partial charge in [0.1, 0.15) is 0 Å². The van der Waals surface area contributed by atoms with E-state index in [4.69, 9.17) is 5.73 Å². The van der Waals surface area contributed by atoms with Crippen molar-refractivity contribution in [2.45, 2.75) is 13.3 Å². The number of benzene rings is 1. The Morgan fingerprint density at radius 2 is 1.88 bits per heavy atom. The van der Waals surface area contributed by atoms with Crippen molar-refractivity contribution in [1.29, 1.82) is 0 Å². The van der Waals surface area contributed by atoms with E-state index in [2.05, 4.69) is 12.6 Å². The highest BCUT2D eigenvalue weighted by Gasteiger charge is 2.18. The first-order valence-corrected chi connectivity index (χ1v) is 5.49. The summed E-state index contributed by atoms with van der Waals surface area (Å²) in [4.78, 5) is 24.2. The zero-order valence-corrected chi connectivity index (χ0v) is 9.91. The summed E-state index contributed by atoms with van der Waals surface area (Å²) in [5.41, 5.74) is 6.66. The molecule has 0 spiro atoms. The summed E-state index contributed by atoms with van der Waals surface area (Å²) >= 11 is 3.97. The lowest BCUT2D eigenvalue weighted by Gasteiger charge is -2.18. The molecule has 0 unspecified atom stereocenters. The van der Waals surface area contributed by atoms with Crippen molar-refractivity contribution < 1.29 is 9.59 Å². The summed E-state index contributed by atoms with van der Waals surface area (Å²) in [5.74, 6) is -0.152. The van der Waals surface area contributed by atoms with Crippen LogP contribution in [0.15, 0.2) is 24.3 Å². The number of amides is 2. The lowest BCUT2D eigenvalue weighted by molar-refractivity contribution is -0.125. The number of rotatable bonds is 3. The second-order valence-corrected chi connectivity index (χ2v) is 3.76. The van der Waals surface area contributed by atoms with Gasteiger partial charge in [-0.15, -0.1) is 0 Å². The molecular weight excluding hydrogens is 224 g/mol. The lowest BCUT2D eigenvalue weighted by atomic mass is 10.2. The molecule has 0 bridgehead atoms. The van der Waals surface area contributed by atoms with E-state index in [9.17, 15) is 9.59 Å². The van der Waals surface area contributed by atoms with Crippen molar-refractivity contribution in [3.8, 4) is 0 Å². The van der Waals surface area contributed by atoms with Gasteiger partial charge in [0.15, 0.2) is 0 Å². The number of nitrogens with zero attached hydrogens (tertiary/aromatic N) is 1. The average Bonchev–Trinajstić information content (AvgIpc) is 2.21. The molecule has 86 valence electrons. The Kier molecular flexibility index (Phi) is 4.37. The molecule has 0 aromatic heterocycles. The van der Waals surface area contributed by atoms with Crippen LogP contribution in [0.3, 0.4) is 0 Å². The molecule has 0 saturated carbocycles. The van der Waals surface area contributed by atoms with Crippen molar-refractivity contribution >= 4 is 35.8 Å². The molecule has 0 radical (unpaired) electrons. The van der Waals surface area contributed by atoms with Gasteiger partial charge in [0.05, 0.1) is 5.69 Å². The van der Waals surface area contributed by atoms with Gasteiger partial charge in [0, 0.05) is 19.0 Å². The summed E-state index contributed by atoms with van der Waals surface area (Å²) in [5, 5.41) is 0. The highest BCUT2D eigenvalue weighted by molar-refractivity contribution is 7.80. The minimum atomic E-state index is -0.309. The molecule has 1 aromatic carbocycles. The van der Waals surface area contributed by atoms with Crippen LogP contribution in [0.25, 0.3) is 0 Å². The number of nitrogen functional groups attached to an aromatic ring is 1. The highest BCUT2D eigenvalue weighted by Crippen LogP contribution is 2.17. The molecule has 0 atom stereocenters. The maximum atomic E-state index is 11.7. The third kappa shape index (κ3) is 3.00. The van der Waals surface area contributed by atoms with Crippen LogP contribution < -0.4 is 10.6 Å². The topological polar surface area (TPSA) is 63.4 Å². The SMILES string of the molecule is CC(=O)N(C(=O)CCS)c1ccc(N)cc1. The van der Waals surface area contributed by atoms with Crippen molar-refractivity contribution in [2.24, 2.45) is 0 Å². The number of anilines is 2. The Labute approximate surface area is 99.8 Å². The predicted octanol–water partition coefficient (Wildman–Crippen LogP) is 1.47. The van der Waals surface area contributed by atoms with Crippen LogP contribution in [-0.2, 0) is 9.59 Å². The normalized spacial score (nSPS) is 9.88. The third-order valence-electron chi connectivity index (χ3n) is 2.04. The molecule has 0 heterocycles. The van der Waals surface area contributed by atoms with Crippen LogP contribution in [0.1, 0.15) is 13.3 Å². The van der Waals surface area contributed by atoms with Crippen LogP contribution in [0, 0.1) is 0 Å². The van der Waals surface area contributed by atoms with Crippen molar-refractivity contribution in [2.75, 3.05) is 16.4 Å². The van der Waals surface area contributed by atoms with Gasteiger partial charge in [-0.3, -0.25) is 14.5 Å². The first-order valence-electron chi connectivity index (χ1n) is 4.86. The van der Waals surface area contributed by atoms with Gasteiger partial charge < -0.3 is 5.73 Å². The van der Waals surface area contributed by atoms with Gasteiger partial charge in [-0.05, 0) is 30.0 Å². The third-order valence-corrected chi connectivity index (χ3v) is 2.26. The quantitative estimate of drug-likeness (QED) is 0.619. The van der Waals surface area contributed by atoms with E-state index in [1.165, 1.54) is 6.92 Å². The molecule has 0 aliphatic heterocycles. The summed E-state index contributed by atoms with van der Waals surface area (Å²) in [6, 6.07) is 6.60. The standard InChI is InChI=1S/C11H14N2O2S/c1-8(14)13(11(15)6-7-16)10-4-2-9(12)3-5-10/h2-5,16H,6-7,12H2,1H3. The summed E-state index contributed by atoms with van der Waals surface area (Å²) < 4.78 is 0. The number of nitrogens with two attached hydrogens (primary N) is 1. The van der Waals surface area contributed by atoms with Crippen molar-refractivity contribution in [3.05, 3.63) is 24.3 Å². The van der Waals surface area contributed by atoms with E-state index >= 15 is 0 Å². The minimum Gasteiger partial charge on any atom is -0.399 e. The van der Waals surface area contributed by atoms with Gasteiger partial charge in [0.2, 0.25) is 11.8 Å². The van der Waals surface area contributed by atoms with Gasteiger partial charge in [-0.1, -0.05) is 0 Å². The first kappa shape index (κ1) is 12.6. The number of imide groups is 1. The molecule has 16 heavy (non-hydrogen) atoms. The van der Waals surface area contributed by atoms with Crippen LogP contribution in [0.5, 0.6) is 0 Å². The number of hydrogen-bond donors (Lipinski definition) is 2. The molecule has 1 aromatic rings. The van der Waals surface area contributed by atoms with Crippen LogP contribution in [0.2, 0.25) is 0 Å². The number of thiol groups is 1. The number of hydrogen-bond acceptors (Lipinski definition) is 4. The van der Waals surface area contributed by atoms with Gasteiger partial charge in [-0.2, -0.15) is 12.6 Å². The minimum absolute atomic E-state index is 0.229. The van der Waals surface area contributed by atoms with E-state index in [-0.39, 0.29) is 18.2 Å². The van der Waals surface area contributed by atoms with Crippen LogP contribution >= 0.6 is 12.6 Å². The van der Waals surface area contributed by atoms with Crippen LogP contribution in [-0.4, -0.2) is 17.6 Å². The Bertz CT molecular complexity index is 389. The Morgan fingerprint density at radius 3 is 2.31 bits per heavy atom. The summed E-state index contributed by atoms with van der Waals surface area (Å²) in [6.07, 6.45) is 0.229. The molecule has 5 heteroatoms. The summed E-state index contributed by atoms with van der Waals surface area (Å²) in [6.45, 7) is 1.35. The average molecular weight is 238 g/mol. The number of carbonyl (C=O) groups is 2. The lowest BCUT2D eigenvalue weighted by Crippen LogP contribution is -2.35. The Balaban J connectivity index is 2.98. The zero-order chi connectivity index (χ0) is 12.1. The monoisotopic (exact) mass is 238 g/mol. The fourth-order valence-corrected chi connectivity index (χ4v) is 1.52. The smallest absolute Gasteiger partial charge is 0.234 e. The molecule has 0 saturated heterocycles. The Morgan fingerprint density at radius 1 is 1.31 bits per heavy atom. The van der Waals surface area contributed by atoms with E-state index in [1.807, 2.05) is 0 Å². The second kappa shape index (κ2) is 5.55. The molecule has 2 amide bonds. The van der Waals surface area contributed by atoms with Crippen molar-refractivity contribution in [3.63, 3.8) is 0 Å². The zero-order valence-electron chi connectivity index (χ0n) is 9.01. The maximum absolute atomic E-state index is 11.7. The first-order chi connectivity index (χ1) is 7.56. The van der Waals surface area contributed by atoms with Gasteiger partial charge >= 0.3 is 0 Å². The molecule has 2 N–H and O–H groups in total. The van der Waals surface area contributed by atoms with E-state index in [1.54, 1.807) is 24.3 Å². The second-order valence-electron chi connectivity index (χ2n) is 3.31. The molecule has 0 aliphatic rings. The van der Waals surface area contributed by atoms with E-state index in [0.717, 1.165) is 4.90 Å². The fraction of sp³-hybridized carbons (Fsp3) is 0.273. The fourth-order valence-electron chi connectivity index (χ4n) is 1.33. The van der Waals surface area contributed by atoms with E-state index in [0.29, 0.717) is 17.1 Å². The Hall–Kier alpha value is -1.49. The predicted molar refractivity (Wildman–Crippen MR) is 67.5 cm³/mol. The summed E-state index contributed by atoms with van der Waals surface area (Å²) in [7, 11) is 0. The molecule has 0 fully saturated rings. The molecule has 4 nitrogen and oxygen atoms in total. The van der Waals surface area contributed by atoms with Gasteiger partial charge in [-0.25, -0.2) is 0 Å². The highest BCUT2D eigenvalue weighted by atomic mass is 32.1. The van der Waals surface area contributed by atoms with Crippen molar-refractivity contribution in [1.82, 2.24) is 0 Å². The largest absolute Gasteiger partial charge is 0.399 e.